The smallest absolute Gasteiger partial charge is 0.131 e. The van der Waals surface area contributed by atoms with E-state index in [1.54, 1.807) is 12.3 Å². The molecule has 0 radical (unpaired) electrons. The van der Waals surface area contributed by atoms with E-state index in [1.807, 2.05) is 13.8 Å². The molecule has 0 saturated heterocycles. The number of pyridine rings is 2. The molecule has 0 aliphatic heterocycles. The Morgan fingerprint density at radius 1 is 1.23 bits per heavy atom. The number of hydrogen-bond donors (Lipinski definition) is 0. The number of fused-ring (bicyclic) bond motifs is 1. The first kappa shape index (κ1) is 8.45. The molecule has 0 atom stereocenters. The van der Waals surface area contributed by atoms with Gasteiger partial charge in [0.25, 0.3) is 0 Å². The van der Waals surface area contributed by atoms with Gasteiger partial charge in [0, 0.05) is 23.3 Å². The predicted molar refractivity (Wildman–Crippen MR) is 54.0 cm³/mol. The first-order valence-electron chi connectivity index (χ1n) is 4.06. The Hall–Kier alpha value is -1.15. The molecule has 3 heteroatoms. The second-order valence-electron chi connectivity index (χ2n) is 3.09. The Labute approximate surface area is 81.6 Å². The van der Waals surface area contributed by atoms with E-state index in [9.17, 15) is 0 Å². The van der Waals surface area contributed by atoms with Gasteiger partial charge >= 0.3 is 0 Å². The molecule has 2 aromatic rings. The van der Waals surface area contributed by atoms with Crippen molar-refractivity contribution in [2.75, 3.05) is 0 Å². The zero-order valence-corrected chi connectivity index (χ0v) is 8.26. The summed E-state index contributed by atoms with van der Waals surface area (Å²) in [5.74, 6) is 0. The summed E-state index contributed by atoms with van der Waals surface area (Å²) in [6.07, 6.45) is 1.75. The standard InChI is InChI=1S/C10H9ClN2/c1-6-3-8-5-12-10(11)4-9(8)13-7(6)2/h3-5H,1-2H3. The van der Waals surface area contributed by atoms with Crippen LogP contribution in [0.5, 0.6) is 0 Å². The van der Waals surface area contributed by atoms with E-state index in [0.29, 0.717) is 5.15 Å². The molecule has 0 aliphatic rings. The summed E-state index contributed by atoms with van der Waals surface area (Å²) in [6, 6.07) is 3.85. The summed E-state index contributed by atoms with van der Waals surface area (Å²) in [5, 5.41) is 1.52. The maximum absolute atomic E-state index is 5.76. The molecule has 0 aromatic carbocycles. The van der Waals surface area contributed by atoms with E-state index < -0.39 is 0 Å². The van der Waals surface area contributed by atoms with E-state index in [4.69, 9.17) is 11.6 Å². The topological polar surface area (TPSA) is 25.8 Å². The number of aromatic nitrogens is 2. The maximum Gasteiger partial charge on any atom is 0.131 e. The van der Waals surface area contributed by atoms with Crippen molar-refractivity contribution < 1.29 is 0 Å². The van der Waals surface area contributed by atoms with Crippen molar-refractivity contribution in [2.45, 2.75) is 13.8 Å². The van der Waals surface area contributed by atoms with Crippen LogP contribution in [-0.4, -0.2) is 9.97 Å². The van der Waals surface area contributed by atoms with Crippen LogP contribution in [0.4, 0.5) is 0 Å². The number of halogens is 1. The quantitative estimate of drug-likeness (QED) is 0.600. The van der Waals surface area contributed by atoms with Crippen molar-refractivity contribution in [3.8, 4) is 0 Å². The average molecular weight is 193 g/mol. The summed E-state index contributed by atoms with van der Waals surface area (Å²) in [5.41, 5.74) is 3.12. The molecule has 0 bridgehead atoms. The Morgan fingerprint density at radius 2 is 2.00 bits per heavy atom. The van der Waals surface area contributed by atoms with Crippen LogP contribution in [0, 0.1) is 13.8 Å². The summed E-state index contributed by atoms with van der Waals surface area (Å²) >= 11 is 5.76. The lowest BCUT2D eigenvalue weighted by molar-refractivity contribution is 1.19. The molecule has 0 saturated carbocycles. The van der Waals surface area contributed by atoms with Crippen molar-refractivity contribution in [1.29, 1.82) is 0 Å². The zero-order chi connectivity index (χ0) is 9.42. The molecular weight excluding hydrogens is 184 g/mol. The van der Waals surface area contributed by atoms with Gasteiger partial charge in [-0.15, -0.1) is 0 Å². The van der Waals surface area contributed by atoms with Gasteiger partial charge in [-0.2, -0.15) is 0 Å². The fourth-order valence-corrected chi connectivity index (χ4v) is 1.40. The van der Waals surface area contributed by atoms with Gasteiger partial charge in [-0.25, -0.2) is 4.98 Å². The number of aryl methyl sites for hydroxylation is 2. The number of rotatable bonds is 0. The van der Waals surface area contributed by atoms with Crippen molar-refractivity contribution in [1.82, 2.24) is 9.97 Å². The lowest BCUT2D eigenvalue weighted by atomic mass is 10.1. The predicted octanol–water partition coefficient (Wildman–Crippen LogP) is 2.90. The van der Waals surface area contributed by atoms with Crippen LogP contribution in [0.25, 0.3) is 10.9 Å². The van der Waals surface area contributed by atoms with Gasteiger partial charge in [-0.05, 0) is 25.5 Å². The third kappa shape index (κ3) is 1.49. The molecule has 2 aromatic heterocycles. The molecule has 0 fully saturated rings. The zero-order valence-electron chi connectivity index (χ0n) is 7.50. The van der Waals surface area contributed by atoms with Gasteiger partial charge in [0.2, 0.25) is 0 Å². The van der Waals surface area contributed by atoms with Gasteiger partial charge < -0.3 is 0 Å². The highest BCUT2D eigenvalue weighted by atomic mass is 35.5. The van der Waals surface area contributed by atoms with E-state index in [2.05, 4.69) is 16.0 Å². The highest BCUT2D eigenvalue weighted by molar-refractivity contribution is 6.29. The molecule has 0 unspecified atom stereocenters. The highest BCUT2D eigenvalue weighted by Crippen LogP contribution is 2.17. The lowest BCUT2D eigenvalue weighted by Crippen LogP contribution is -1.88. The van der Waals surface area contributed by atoms with Crippen LogP contribution < -0.4 is 0 Å². The van der Waals surface area contributed by atoms with Crippen LogP contribution in [0.1, 0.15) is 11.3 Å². The molecule has 2 heterocycles. The third-order valence-electron chi connectivity index (χ3n) is 2.11. The van der Waals surface area contributed by atoms with Crippen molar-refractivity contribution in [3.05, 3.63) is 34.7 Å². The van der Waals surface area contributed by atoms with E-state index in [0.717, 1.165) is 16.6 Å². The largest absolute Gasteiger partial charge is 0.253 e. The van der Waals surface area contributed by atoms with E-state index in [1.165, 1.54) is 5.56 Å². The van der Waals surface area contributed by atoms with E-state index >= 15 is 0 Å². The minimum Gasteiger partial charge on any atom is -0.253 e. The summed E-state index contributed by atoms with van der Waals surface area (Å²) < 4.78 is 0. The number of hydrogen-bond acceptors (Lipinski definition) is 2. The molecule has 13 heavy (non-hydrogen) atoms. The fourth-order valence-electron chi connectivity index (χ4n) is 1.25. The van der Waals surface area contributed by atoms with E-state index in [-0.39, 0.29) is 0 Å². The van der Waals surface area contributed by atoms with Crippen LogP contribution in [0.2, 0.25) is 5.15 Å². The Morgan fingerprint density at radius 3 is 2.77 bits per heavy atom. The molecule has 2 nitrogen and oxygen atoms in total. The summed E-state index contributed by atoms with van der Waals surface area (Å²) in [4.78, 5) is 8.42. The van der Waals surface area contributed by atoms with Gasteiger partial charge in [0.05, 0.1) is 5.52 Å². The SMILES string of the molecule is Cc1cc2cnc(Cl)cc2nc1C. The minimum absolute atomic E-state index is 0.489. The van der Waals surface area contributed by atoms with Crippen LogP contribution in [0.15, 0.2) is 18.3 Å². The third-order valence-corrected chi connectivity index (χ3v) is 2.32. The van der Waals surface area contributed by atoms with Gasteiger partial charge in [-0.1, -0.05) is 11.6 Å². The first-order chi connectivity index (χ1) is 6.16. The number of nitrogens with zero attached hydrogens (tertiary/aromatic N) is 2. The Bertz CT molecular complexity index is 466. The molecule has 66 valence electrons. The van der Waals surface area contributed by atoms with Crippen LogP contribution >= 0.6 is 11.6 Å². The monoisotopic (exact) mass is 192 g/mol. The molecule has 2 rings (SSSR count). The average Bonchev–Trinajstić information content (AvgIpc) is 2.08. The second kappa shape index (κ2) is 2.96. The van der Waals surface area contributed by atoms with Crippen molar-refractivity contribution >= 4 is 22.5 Å². The molecule has 0 N–H and O–H groups in total. The van der Waals surface area contributed by atoms with Gasteiger partial charge in [-0.3, -0.25) is 4.98 Å². The van der Waals surface area contributed by atoms with Crippen molar-refractivity contribution in [2.24, 2.45) is 0 Å². The molecule has 0 spiro atoms. The minimum atomic E-state index is 0.489. The second-order valence-corrected chi connectivity index (χ2v) is 3.48. The molecule has 0 amide bonds. The maximum atomic E-state index is 5.76. The summed E-state index contributed by atoms with van der Waals surface area (Å²) in [7, 11) is 0. The normalized spacial score (nSPS) is 10.7. The fraction of sp³-hybridized carbons (Fsp3) is 0.200. The van der Waals surface area contributed by atoms with Crippen LogP contribution in [-0.2, 0) is 0 Å². The summed E-state index contributed by atoms with van der Waals surface area (Å²) in [6.45, 7) is 4.03. The van der Waals surface area contributed by atoms with Crippen LogP contribution in [0.3, 0.4) is 0 Å². The Balaban J connectivity index is 2.81. The molecule has 0 aliphatic carbocycles. The van der Waals surface area contributed by atoms with Gasteiger partial charge in [0.1, 0.15) is 5.15 Å². The lowest BCUT2D eigenvalue weighted by Gasteiger charge is -2.02. The Kier molecular flexibility index (Phi) is 1.93. The first-order valence-corrected chi connectivity index (χ1v) is 4.44. The highest BCUT2D eigenvalue weighted by Gasteiger charge is 2.00. The van der Waals surface area contributed by atoms with Gasteiger partial charge in [0.15, 0.2) is 0 Å². The molecular formula is C10H9ClN2. The van der Waals surface area contributed by atoms with Crippen molar-refractivity contribution in [3.63, 3.8) is 0 Å².